The van der Waals surface area contributed by atoms with Gasteiger partial charge in [0.15, 0.2) is 0 Å². The lowest BCUT2D eigenvalue weighted by Gasteiger charge is -2.13. The van der Waals surface area contributed by atoms with Crippen LogP contribution in [0.3, 0.4) is 0 Å². The Balaban J connectivity index is 3.76. The maximum absolute atomic E-state index is 11.1. The van der Waals surface area contributed by atoms with E-state index < -0.39 is 12.0 Å². The molecule has 0 aliphatic heterocycles. The fraction of sp³-hybridized carbons (Fsp3) is 0.750. The first-order valence-corrected chi connectivity index (χ1v) is 4.21. The molecule has 13 heavy (non-hydrogen) atoms. The van der Waals surface area contributed by atoms with Crippen LogP contribution in [-0.2, 0) is 9.59 Å². The molecular weight excluding hydrogens is 172 g/mol. The number of amides is 1. The Morgan fingerprint density at radius 1 is 1.46 bits per heavy atom. The molecule has 5 heteroatoms. The minimum absolute atomic E-state index is 0.0309. The van der Waals surface area contributed by atoms with E-state index in [1.807, 2.05) is 13.8 Å². The summed E-state index contributed by atoms with van der Waals surface area (Å²) in [5.74, 6) is -1.23. The number of carbonyl (C=O) groups excluding carboxylic acids is 1. The van der Waals surface area contributed by atoms with Crippen LogP contribution in [0.4, 0.5) is 0 Å². The summed E-state index contributed by atoms with van der Waals surface area (Å²) in [6, 6.07) is -0.693. The summed E-state index contributed by atoms with van der Waals surface area (Å²) in [7, 11) is 0. The highest BCUT2D eigenvalue weighted by Gasteiger charge is 2.14. The Labute approximate surface area is 77.3 Å². The number of carbonyl (C=O) groups is 2. The molecule has 76 valence electrons. The van der Waals surface area contributed by atoms with Crippen LogP contribution in [0, 0.1) is 0 Å². The number of hydrogen-bond acceptors (Lipinski definition) is 3. The summed E-state index contributed by atoms with van der Waals surface area (Å²) in [5, 5.41) is 10.9. The molecule has 5 nitrogen and oxygen atoms in total. The van der Waals surface area contributed by atoms with Crippen LogP contribution in [0.2, 0.25) is 0 Å². The number of aliphatic carboxylic acids is 1. The van der Waals surface area contributed by atoms with E-state index in [4.69, 9.17) is 10.8 Å². The molecular formula is C8H16N2O3. The van der Waals surface area contributed by atoms with E-state index in [9.17, 15) is 9.59 Å². The molecule has 0 bridgehead atoms. The van der Waals surface area contributed by atoms with Crippen molar-refractivity contribution in [2.75, 3.05) is 0 Å². The van der Waals surface area contributed by atoms with Crippen LogP contribution in [0.15, 0.2) is 0 Å². The number of rotatable bonds is 5. The predicted molar refractivity (Wildman–Crippen MR) is 48.1 cm³/mol. The third kappa shape index (κ3) is 6.10. The van der Waals surface area contributed by atoms with Crippen molar-refractivity contribution in [2.45, 2.75) is 38.8 Å². The Bertz CT molecular complexity index is 192. The van der Waals surface area contributed by atoms with Gasteiger partial charge in [0.05, 0.1) is 6.04 Å². The number of nitrogens with two attached hydrogens (primary N) is 1. The molecule has 0 saturated heterocycles. The van der Waals surface area contributed by atoms with E-state index in [1.54, 1.807) is 0 Å². The number of nitrogens with one attached hydrogen (secondary N) is 1. The molecule has 0 radical (unpaired) electrons. The Hall–Kier alpha value is -1.10. The van der Waals surface area contributed by atoms with Gasteiger partial charge in [-0.25, -0.2) is 0 Å². The molecule has 1 unspecified atom stereocenters. The fourth-order valence-corrected chi connectivity index (χ4v) is 0.802. The van der Waals surface area contributed by atoms with Gasteiger partial charge in [-0.3, -0.25) is 9.59 Å². The third-order valence-corrected chi connectivity index (χ3v) is 1.44. The van der Waals surface area contributed by atoms with Crippen molar-refractivity contribution in [2.24, 2.45) is 5.73 Å². The van der Waals surface area contributed by atoms with Crippen molar-refractivity contribution in [3.05, 3.63) is 0 Å². The number of carboxylic acids is 1. The van der Waals surface area contributed by atoms with Crippen molar-refractivity contribution in [1.29, 1.82) is 0 Å². The maximum Gasteiger partial charge on any atom is 0.303 e. The van der Waals surface area contributed by atoms with Crippen LogP contribution >= 0.6 is 0 Å². The van der Waals surface area contributed by atoms with Gasteiger partial charge < -0.3 is 16.2 Å². The summed E-state index contributed by atoms with van der Waals surface area (Å²) in [6.45, 7) is 3.64. The quantitative estimate of drug-likeness (QED) is 0.552. The normalized spacial score (nSPS) is 12.6. The molecule has 0 heterocycles. The monoisotopic (exact) mass is 188 g/mol. The largest absolute Gasteiger partial charge is 0.481 e. The van der Waals surface area contributed by atoms with E-state index in [1.165, 1.54) is 0 Å². The smallest absolute Gasteiger partial charge is 0.303 e. The van der Waals surface area contributed by atoms with Crippen molar-refractivity contribution in [3.8, 4) is 0 Å². The highest BCUT2D eigenvalue weighted by Crippen LogP contribution is 1.95. The summed E-state index contributed by atoms with van der Waals surface area (Å²) >= 11 is 0. The zero-order valence-electron chi connectivity index (χ0n) is 7.91. The average Bonchev–Trinajstić information content (AvgIpc) is 1.98. The number of carboxylic acid groups (broad SMARTS) is 1. The molecule has 0 aliphatic rings. The van der Waals surface area contributed by atoms with Crippen molar-refractivity contribution < 1.29 is 14.7 Å². The summed E-state index contributed by atoms with van der Waals surface area (Å²) in [4.78, 5) is 21.3. The lowest BCUT2D eigenvalue weighted by Crippen LogP contribution is -2.43. The molecule has 0 aromatic carbocycles. The zero-order valence-corrected chi connectivity index (χ0v) is 7.91. The van der Waals surface area contributed by atoms with E-state index >= 15 is 0 Å². The summed E-state index contributed by atoms with van der Waals surface area (Å²) in [6.07, 6.45) is 0.0978. The maximum atomic E-state index is 11.1. The van der Waals surface area contributed by atoms with Crippen molar-refractivity contribution >= 4 is 11.9 Å². The second-order valence-corrected chi connectivity index (χ2v) is 3.20. The standard InChI is InChI=1S/C8H16N2O3/c1-5(2)10-8(13)6(9)3-4-7(11)12/h5-6H,3-4,9H2,1-2H3,(H,10,13)(H,11,12). The van der Waals surface area contributed by atoms with Gasteiger partial charge in [-0.1, -0.05) is 0 Å². The van der Waals surface area contributed by atoms with Gasteiger partial charge in [0, 0.05) is 12.5 Å². The van der Waals surface area contributed by atoms with Gasteiger partial charge in [-0.15, -0.1) is 0 Å². The Kier molecular flexibility index (Phi) is 5.06. The highest BCUT2D eigenvalue weighted by atomic mass is 16.4. The molecule has 0 aromatic rings. The van der Waals surface area contributed by atoms with Gasteiger partial charge in [0.1, 0.15) is 0 Å². The lowest BCUT2D eigenvalue weighted by atomic mass is 10.1. The van der Waals surface area contributed by atoms with E-state index in [0.29, 0.717) is 0 Å². The van der Waals surface area contributed by atoms with Crippen LogP contribution in [0.5, 0.6) is 0 Å². The molecule has 4 N–H and O–H groups in total. The summed E-state index contributed by atoms with van der Waals surface area (Å²) < 4.78 is 0. The van der Waals surface area contributed by atoms with E-state index in [0.717, 1.165) is 0 Å². The fourth-order valence-electron chi connectivity index (χ4n) is 0.802. The first kappa shape index (κ1) is 11.9. The second-order valence-electron chi connectivity index (χ2n) is 3.20. The van der Waals surface area contributed by atoms with Gasteiger partial charge in [0.25, 0.3) is 0 Å². The number of hydrogen-bond donors (Lipinski definition) is 3. The molecule has 0 rings (SSSR count). The molecule has 0 aromatic heterocycles. The predicted octanol–water partition coefficient (Wildman–Crippen LogP) is -0.297. The first-order valence-electron chi connectivity index (χ1n) is 4.21. The van der Waals surface area contributed by atoms with Crippen molar-refractivity contribution in [1.82, 2.24) is 5.32 Å². The molecule has 1 amide bonds. The second kappa shape index (κ2) is 5.53. The first-order chi connectivity index (χ1) is 5.93. The van der Waals surface area contributed by atoms with Gasteiger partial charge in [-0.2, -0.15) is 0 Å². The van der Waals surface area contributed by atoms with E-state index in [2.05, 4.69) is 5.32 Å². The molecule has 1 atom stereocenters. The average molecular weight is 188 g/mol. The Morgan fingerprint density at radius 2 is 2.00 bits per heavy atom. The van der Waals surface area contributed by atoms with Crippen molar-refractivity contribution in [3.63, 3.8) is 0 Å². The molecule has 0 aliphatic carbocycles. The Morgan fingerprint density at radius 3 is 2.38 bits per heavy atom. The summed E-state index contributed by atoms with van der Waals surface area (Å²) in [5.41, 5.74) is 5.44. The van der Waals surface area contributed by atoms with Gasteiger partial charge >= 0.3 is 5.97 Å². The highest BCUT2D eigenvalue weighted by molar-refractivity contribution is 5.82. The molecule has 0 spiro atoms. The topological polar surface area (TPSA) is 92.4 Å². The van der Waals surface area contributed by atoms with E-state index in [-0.39, 0.29) is 24.8 Å². The zero-order chi connectivity index (χ0) is 10.4. The molecule has 0 fully saturated rings. The van der Waals surface area contributed by atoms with Gasteiger partial charge in [0.2, 0.25) is 5.91 Å². The van der Waals surface area contributed by atoms with Crippen LogP contribution in [0.1, 0.15) is 26.7 Å². The van der Waals surface area contributed by atoms with Crippen LogP contribution in [-0.4, -0.2) is 29.1 Å². The van der Waals surface area contributed by atoms with Crippen LogP contribution in [0.25, 0.3) is 0 Å². The van der Waals surface area contributed by atoms with Gasteiger partial charge in [-0.05, 0) is 20.3 Å². The molecule has 0 saturated carbocycles. The SMILES string of the molecule is CC(C)NC(=O)C(N)CCC(=O)O. The van der Waals surface area contributed by atoms with Crippen LogP contribution < -0.4 is 11.1 Å². The third-order valence-electron chi connectivity index (χ3n) is 1.44. The lowest BCUT2D eigenvalue weighted by molar-refractivity contribution is -0.137. The minimum Gasteiger partial charge on any atom is -0.481 e. The minimum atomic E-state index is -0.937.